The summed E-state index contributed by atoms with van der Waals surface area (Å²) in [4.78, 5) is 12.9. The van der Waals surface area contributed by atoms with Gasteiger partial charge in [0.25, 0.3) is 0 Å². The van der Waals surface area contributed by atoms with Crippen molar-refractivity contribution in [3.8, 4) is 0 Å². The molecule has 0 atom stereocenters. The van der Waals surface area contributed by atoms with Crippen molar-refractivity contribution in [2.24, 2.45) is 0 Å². The van der Waals surface area contributed by atoms with Crippen molar-refractivity contribution < 1.29 is 0 Å². The average Bonchev–Trinajstić information content (AvgIpc) is 2.33. The summed E-state index contributed by atoms with van der Waals surface area (Å²) in [5.41, 5.74) is 1.06. The summed E-state index contributed by atoms with van der Waals surface area (Å²) in [6.07, 6.45) is 3.62. The second-order valence-electron chi connectivity index (χ2n) is 3.54. The zero-order chi connectivity index (χ0) is 12.1. The van der Waals surface area contributed by atoms with Gasteiger partial charge in [-0.1, -0.05) is 6.07 Å². The monoisotopic (exact) mass is 246 g/mol. The lowest BCUT2D eigenvalue weighted by Gasteiger charge is -2.04. The van der Waals surface area contributed by atoms with Crippen LogP contribution >= 0.6 is 11.8 Å². The molecule has 5 heteroatoms. The predicted octanol–water partition coefficient (Wildman–Crippen LogP) is 2.76. The lowest BCUT2D eigenvalue weighted by molar-refractivity contribution is 0.944. The van der Waals surface area contributed by atoms with E-state index in [1.54, 1.807) is 0 Å². The van der Waals surface area contributed by atoms with Crippen molar-refractivity contribution in [1.82, 2.24) is 15.0 Å². The summed E-state index contributed by atoms with van der Waals surface area (Å²) in [6.45, 7) is 4.88. The molecule has 0 unspecified atom stereocenters. The summed E-state index contributed by atoms with van der Waals surface area (Å²) in [7, 11) is 0. The van der Waals surface area contributed by atoms with Gasteiger partial charge in [-0.25, -0.2) is 15.0 Å². The van der Waals surface area contributed by atoms with E-state index in [1.807, 2.05) is 44.4 Å². The zero-order valence-electron chi connectivity index (χ0n) is 9.84. The first kappa shape index (κ1) is 11.9. The Hall–Kier alpha value is -1.62. The van der Waals surface area contributed by atoms with Gasteiger partial charge in [0, 0.05) is 18.9 Å². The number of hydrogen-bond acceptors (Lipinski definition) is 5. The highest BCUT2D eigenvalue weighted by molar-refractivity contribution is 7.99. The maximum absolute atomic E-state index is 4.45. The smallest absolute Gasteiger partial charge is 0.193 e. The highest BCUT2D eigenvalue weighted by Gasteiger charge is 2.02. The second-order valence-corrected chi connectivity index (χ2v) is 4.52. The lowest BCUT2D eigenvalue weighted by atomic mass is 10.4. The van der Waals surface area contributed by atoms with E-state index in [-0.39, 0.29) is 0 Å². The van der Waals surface area contributed by atoms with Gasteiger partial charge in [-0.3, -0.25) is 0 Å². The fraction of sp³-hybridized carbons (Fsp3) is 0.250. The number of aryl methyl sites for hydroxylation is 1. The lowest BCUT2D eigenvalue weighted by Crippen LogP contribution is -1.99. The Labute approximate surface area is 105 Å². The van der Waals surface area contributed by atoms with E-state index >= 15 is 0 Å². The first-order chi connectivity index (χ1) is 8.28. The molecule has 2 rings (SSSR count). The van der Waals surface area contributed by atoms with E-state index in [0.717, 1.165) is 28.1 Å². The number of hydrogen-bond donors (Lipinski definition) is 1. The topological polar surface area (TPSA) is 50.7 Å². The van der Waals surface area contributed by atoms with Gasteiger partial charge < -0.3 is 5.32 Å². The highest BCUT2D eigenvalue weighted by atomic mass is 32.2. The minimum Gasteiger partial charge on any atom is -0.370 e. The van der Waals surface area contributed by atoms with E-state index in [9.17, 15) is 0 Å². The molecular formula is C12H14N4S. The van der Waals surface area contributed by atoms with Gasteiger partial charge in [-0.15, -0.1) is 0 Å². The minimum absolute atomic E-state index is 0.719. The van der Waals surface area contributed by atoms with Crippen LogP contribution in [-0.4, -0.2) is 21.5 Å². The standard InChI is InChI=1S/C12H14N4S/c1-3-13-10-5-4-6-11(16-10)17-12-14-7-9(2)8-15-12/h4-8H,3H2,1-2H3,(H,13,16). The molecule has 0 bridgehead atoms. The third kappa shape index (κ3) is 3.42. The number of rotatable bonds is 4. The van der Waals surface area contributed by atoms with Crippen LogP contribution in [0.2, 0.25) is 0 Å². The van der Waals surface area contributed by atoms with Crippen LogP contribution in [0.1, 0.15) is 12.5 Å². The molecule has 0 amide bonds. The van der Waals surface area contributed by atoms with Crippen LogP contribution < -0.4 is 5.32 Å². The molecule has 0 aromatic carbocycles. The molecule has 1 N–H and O–H groups in total. The first-order valence-electron chi connectivity index (χ1n) is 5.45. The Kier molecular flexibility index (Phi) is 3.93. The van der Waals surface area contributed by atoms with E-state index in [2.05, 4.69) is 20.3 Å². The Bertz CT molecular complexity index is 484. The normalized spacial score (nSPS) is 10.2. The Balaban J connectivity index is 2.12. The van der Waals surface area contributed by atoms with Crippen molar-refractivity contribution in [3.05, 3.63) is 36.2 Å². The van der Waals surface area contributed by atoms with Gasteiger partial charge in [-0.05, 0) is 43.3 Å². The van der Waals surface area contributed by atoms with E-state index in [0.29, 0.717) is 0 Å². The third-order valence-electron chi connectivity index (χ3n) is 2.03. The minimum atomic E-state index is 0.719. The Morgan fingerprint density at radius 1 is 1.24 bits per heavy atom. The number of pyridine rings is 1. The van der Waals surface area contributed by atoms with Gasteiger partial charge in [0.15, 0.2) is 5.16 Å². The highest BCUT2D eigenvalue weighted by Crippen LogP contribution is 2.23. The van der Waals surface area contributed by atoms with Crippen LogP contribution in [0.3, 0.4) is 0 Å². The fourth-order valence-corrected chi connectivity index (χ4v) is 1.97. The summed E-state index contributed by atoms with van der Waals surface area (Å²) >= 11 is 1.46. The van der Waals surface area contributed by atoms with Crippen LogP contribution in [0.25, 0.3) is 0 Å². The Morgan fingerprint density at radius 2 is 2.00 bits per heavy atom. The van der Waals surface area contributed by atoms with Crippen molar-refractivity contribution in [2.75, 3.05) is 11.9 Å². The Morgan fingerprint density at radius 3 is 2.71 bits per heavy atom. The molecule has 17 heavy (non-hydrogen) atoms. The summed E-state index contributed by atoms with van der Waals surface area (Å²) in [5, 5.41) is 4.79. The largest absolute Gasteiger partial charge is 0.370 e. The zero-order valence-corrected chi connectivity index (χ0v) is 10.7. The summed E-state index contributed by atoms with van der Waals surface area (Å²) < 4.78 is 0. The molecule has 0 radical (unpaired) electrons. The molecule has 0 spiro atoms. The average molecular weight is 246 g/mol. The molecule has 88 valence electrons. The quantitative estimate of drug-likeness (QED) is 0.841. The number of nitrogens with zero attached hydrogens (tertiary/aromatic N) is 3. The van der Waals surface area contributed by atoms with Crippen molar-refractivity contribution in [1.29, 1.82) is 0 Å². The molecule has 2 aromatic rings. The van der Waals surface area contributed by atoms with Crippen molar-refractivity contribution in [3.63, 3.8) is 0 Å². The van der Waals surface area contributed by atoms with Crippen molar-refractivity contribution >= 4 is 17.6 Å². The van der Waals surface area contributed by atoms with Gasteiger partial charge in [0.1, 0.15) is 10.8 Å². The molecule has 4 nitrogen and oxygen atoms in total. The van der Waals surface area contributed by atoms with Gasteiger partial charge in [0.05, 0.1) is 0 Å². The van der Waals surface area contributed by atoms with Crippen LogP contribution in [0.15, 0.2) is 40.8 Å². The van der Waals surface area contributed by atoms with Crippen LogP contribution in [0, 0.1) is 6.92 Å². The molecule has 0 saturated carbocycles. The molecule has 0 aliphatic heterocycles. The van der Waals surface area contributed by atoms with E-state index in [1.165, 1.54) is 11.8 Å². The van der Waals surface area contributed by atoms with E-state index < -0.39 is 0 Å². The number of aromatic nitrogens is 3. The molecule has 2 heterocycles. The van der Waals surface area contributed by atoms with Crippen LogP contribution in [0.5, 0.6) is 0 Å². The van der Waals surface area contributed by atoms with Crippen LogP contribution in [0.4, 0.5) is 5.82 Å². The molecular weight excluding hydrogens is 232 g/mol. The van der Waals surface area contributed by atoms with Gasteiger partial charge in [-0.2, -0.15) is 0 Å². The fourth-order valence-electron chi connectivity index (χ4n) is 1.28. The molecule has 2 aromatic heterocycles. The first-order valence-corrected chi connectivity index (χ1v) is 6.27. The maximum Gasteiger partial charge on any atom is 0.193 e. The molecule has 0 aliphatic rings. The summed E-state index contributed by atoms with van der Waals surface area (Å²) in [6, 6.07) is 5.87. The van der Waals surface area contributed by atoms with Crippen molar-refractivity contribution in [2.45, 2.75) is 24.0 Å². The predicted molar refractivity (Wildman–Crippen MR) is 69.3 cm³/mol. The second kappa shape index (κ2) is 5.63. The third-order valence-corrected chi connectivity index (χ3v) is 2.86. The SMILES string of the molecule is CCNc1cccc(Sc2ncc(C)cn2)n1. The number of nitrogens with one attached hydrogen (secondary N) is 1. The molecule has 0 fully saturated rings. The van der Waals surface area contributed by atoms with Crippen LogP contribution in [-0.2, 0) is 0 Å². The van der Waals surface area contributed by atoms with Gasteiger partial charge in [0.2, 0.25) is 0 Å². The maximum atomic E-state index is 4.45. The molecule has 0 saturated heterocycles. The van der Waals surface area contributed by atoms with E-state index in [4.69, 9.17) is 0 Å². The van der Waals surface area contributed by atoms with Gasteiger partial charge >= 0.3 is 0 Å². The number of anilines is 1. The summed E-state index contributed by atoms with van der Waals surface area (Å²) in [5.74, 6) is 0.879. The molecule has 0 aliphatic carbocycles.